The number of phenolic OH excluding ortho intramolecular Hbond substituents is 2. The standard InChI is InChI=1S/C11H11NO3/c1-2-3-7-12-11(15)8-5-4-6-9(13)10(8)14/h1,4-6,13-14H,3,7H2,(H,12,15). The Balaban J connectivity index is 2.75. The lowest BCUT2D eigenvalue weighted by molar-refractivity contribution is 0.0951. The van der Waals surface area contributed by atoms with Crippen molar-refractivity contribution in [3.8, 4) is 23.8 Å². The first kappa shape index (κ1) is 10.9. The summed E-state index contributed by atoms with van der Waals surface area (Å²) in [4.78, 5) is 11.4. The lowest BCUT2D eigenvalue weighted by Crippen LogP contribution is -2.24. The van der Waals surface area contributed by atoms with Crippen LogP contribution in [0.25, 0.3) is 0 Å². The molecule has 1 aromatic rings. The van der Waals surface area contributed by atoms with Crippen molar-refractivity contribution in [1.82, 2.24) is 5.32 Å². The van der Waals surface area contributed by atoms with Crippen molar-refractivity contribution >= 4 is 5.91 Å². The van der Waals surface area contributed by atoms with Crippen molar-refractivity contribution < 1.29 is 15.0 Å². The van der Waals surface area contributed by atoms with E-state index in [1.807, 2.05) is 0 Å². The maximum absolute atomic E-state index is 11.4. The number of terminal acetylenes is 1. The lowest BCUT2D eigenvalue weighted by atomic mass is 10.1. The highest BCUT2D eigenvalue weighted by Crippen LogP contribution is 2.27. The van der Waals surface area contributed by atoms with Crippen molar-refractivity contribution in [2.75, 3.05) is 6.54 Å². The second-order valence-electron chi connectivity index (χ2n) is 2.88. The van der Waals surface area contributed by atoms with Crippen molar-refractivity contribution in [2.24, 2.45) is 0 Å². The molecule has 4 nitrogen and oxygen atoms in total. The molecule has 0 spiro atoms. The van der Waals surface area contributed by atoms with Gasteiger partial charge in [0.2, 0.25) is 0 Å². The fraction of sp³-hybridized carbons (Fsp3) is 0.182. The second kappa shape index (κ2) is 4.91. The monoisotopic (exact) mass is 205 g/mol. The zero-order valence-corrected chi connectivity index (χ0v) is 8.03. The maximum Gasteiger partial charge on any atom is 0.255 e. The van der Waals surface area contributed by atoms with Gasteiger partial charge in [0.15, 0.2) is 11.5 Å². The predicted molar refractivity (Wildman–Crippen MR) is 55.6 cm³/mol. The molecule has 0 aliphatic rings. The predicted octanol–water partition coefficient (Wildman–Crippen LogP) is 0.851. The number of rotatable bonds is 3. The van der Waals surface area contributed by atoms with Crippen molar-refractivity contribution in [1.29, 1.82) is 0 Å². The van der Waals surface area contributed by atoms with Crippen LogP contribution in [0.2, 0.25) is 0 Å². The van der Waals surface area contributed by atoms with Crippen LogP contribution in [-0.4, -0.2) is 22.7 Å². The average Bonchev–Trinajstić information content (AvgIpc) is 2.22. The fourth-order valence-electron chi connectivity index (χ4n) is 1.06. The highest BCUT2D eigenvalue weighted by Gasteiger charge is 2.12. The Kier molecular flexibility index (Phi) is 3.58. The molecule has 0 aromatic heterocycles. The molecule has 0 radical (unpaired) electrons. The highest BCUT2D eigenvalue weighted by atomic mass is 16.3. The molecule has 0 saturated carbocycles. The van der Waals surface area contributed by atoms with E-state index in [0.29, 0.717) is 13.0 Å². The van der Waals surface area contributed by atoms with E-state index < -0.39 is 11.7 Å². The van der Waals surface area contributed by atoms with E-state index in [0.717, 1.165) is 0 Å². The average molecular weight is 205 g/mol. The molecule has 4 heteroatoms. The number of phenols is 2. The fourth-order valence-corrected chi connectivity index (χ4v) is 1.06. The largest absolute Gasteiger partial charge is 0.504 e. The highest BCUT2D eigenvalue weighted by molar-refractivity contribution is 5.97. The van der Waals surface area contributed by atoms with Crippen LogP contribution in [-0.2, 0) is 0 Å². The quantitative estimate of drug-likeness (QED) is 0.389. The van der Waals surface area contributed by atoms with Gasteiger partial charge >= 0.3 is 0 Å². The number of carbonyl (C=O) groups excluding carboxylic acids is 1. The van der Waals surface area contributed by atoms with Gasteiger partial charge in [-0.2, -0.15) is 0 Å². The number of para-hydroxylation sites is 1. The van der Waals surface area contributed by atoms with E-state index in [2.05, 4.69) is 11.2 Å². The molecule has 0 unspecified atom stereocenters. The molecule has 1 amide bonds. The molecule has 0 heterocycles. The Hall–Kier alpha value is -2.15. The molecular formula is C11H11NO3. The van der Waals surface area contributed by atoms with Crippen molar-refractivity contribution in [3.05, 3.63) is 23.8 Å². The third kappa shape index (κ3) is 2.64. The van der Waals surface area contributed by atoms with Gasteiger partial charge < -0.3 is 15.5 Å². The molecule has 0 saturated heterocycles. The topological polar surface area (TPSA) is 69.6 Å². The Morgan fingerprint density at radius 1 is 1.47 bits per heavy atom. The summed E-state index contributed by atoms with van der Waals surface area (Å²) in [6.45, 7) is 0.338. The minimum absolute atomic E-state index is 0.0343. The number of amides is 1. The first-order chi connectivity index (χ1) is 7.16. The van der Waals surface area contributed by atoms with Crippen LogP contribution in [0.3, 0.4) is 0 Å². The summed E-state index contributed by atoms with van der Waals surface area (Å²) in [5.74, 6) is 1.17. The Morgan fingerprint density at radius 3 is 2.87 bits per heavy atom. The van der Waals surface area contributed by atoms with Gasteiger partial charge in [-0.15, -0.1) is 12.3 Å². The van der Waals surface area contributed by atoms with E-state index >= 15 is 0 Å². The van der Waals surface area contributed by atoms with Crippen LogP contribution in [0.4, 0.5) is 0 Å². The van der Waals surface area contributed by atoms with Gasteiger partial charge in [-0.1, -0.05) is 6.07 Å². The summed E-state index contributed by atoms with van der Waals surface area (Å²) >= 11 is 0. The smallest absolute Gasteiger partial charge is 0.255 e. The summed E-state index contributed by atoms with van der Waals surface area (Å²) in [5.41, 5.74) is 0.0343. The SMILES string of the molecule is C#CCCNC(=O)c1cccc(O)c1O. The molecular weight excluding hydrogens is 194 g/mol. The van der Waals surface area contributed by atoms with E-state index in [9.17, 15) is 9.90 Å². The lowest BCUT2D eigenvalue weighted by Gasteiger charge is -2.05. The summed E-state index contributed by atoms with van der Waals surface area (Å²) in [7, 11) is 0. The molecule has 0 fully saturated rings. The van der Waals surface area contributed by atoms with Gasteiger partial charge in [-0.05, 0) is 12.1 Å². The van der Waals surface area contributed by atoms with Crippen LogP contribution in [0.1, 0.15) is 16.8 Å². The molecule has 0 aliphatic heterocycles. The minimum Gasteiger partial charge on any atom is -0.504 e. The second-order valence-corrected chi connectivity index (χ2v) is 2.88. The Bertz CT molecular complexity index is 407. The zero-order chi connectivity index (χ0) is 11.3. The summed E-state index contributed by atoms with van der Waals surface area (Å²) in [6.07, 6.45) is 5.44. The van der Waals surface area contributed by atoms with E-state index in [4.69, 9.17) is 11.5 Å². The molecule has 3 N–H and O–H groups in total. The Morgan fingerprint density at radius 2 is 2.20 bits per heavy atom. The van der Waals surface area contributed by atoms with Crippen molar-refractivity contribution in [2.45, 2.75) is 6.42 Å². The van der Waals surface area contributed by atoms with Gasteiger partial charge in [0.05, 0.1) is 5.56 Å². The number of benzene rings is 1. The maximum atomic E-state index is 11.4. The van der Waals surface area contributed by atoms with Crippen LogP contribution in [0, 0.1) is 12.3 Å². The summed E-state index contributed by atoms with van der Waals surface area (Å²) < 4.78 is 0. The van der Waals surface area contributed by atoms with Gasteiger partial charge in [-0.3, -0.25) is 4.79 Å². The number of carbonyl (C=O) groups is 1. The first-order valence-electron chi connectivity index (χ1n) is 4.39. The van der Waals surface area contributed by atoms with Gasteiger partial charge in [0, 0.05) is 13.0 Å². The number of hydrogen-bond acceptors (Lipinski definition) is 3. The van der Waals surface area contributed by atoms with E-state index in [1.165, 1.54) is 18.2 Å². The molecule has 0 aliphatic carbocycles. The van der Waals surface area contributed by atoms with E-state index in [1.54, 1.807) is 0 Å². The zero-order valence-electron chi connectivity index (χ0n) is 8.03. The minimum atomic E-state index is -0.460. The molecule has 1 rings (SSSR count). The molecule has 0 bridgehead atoms. The molecule has 1 aromatic carbocycles. The molecule has 78 valence electrons. The van der Waals surface area contributed by atoms with Crippen molar-refractivity contribution in [3.63, 3.8) is 0 Å². The number of hydrogen-bond donors (Lipinski definition) is 3. The number of aromatic hydroxyl groups is 2. The molecule has 15 heavy (non-hydrogen) atoms. The third-order valence-corrected chi connectivity index (χ3v) is 1.81. The van der Waals surface area contributed by atoms with Crippen LogP contribution in [0.15, 0.2) is 18.2 Å². The Labute approximate surface area is 87.6 Å². The third-order valence-electron chi connectivity index (χ3n) is 1.81. The normalized spacial score (nSPS) is 9.27. The van der Waals surface area contributed by atoms with Gasteiger partial charge in [0.25, 0.3) is 5.91 Å². The summed E-state index contributed by atoms with van der Waals surface area (Å²) in [5, 5.41) is 21.0. The number of nitrogens with one attached hydrogen (secondary N) is 1. The van der Waals surface area contributed by atoms with E-state index in [-0.39, 0.29) is 11.3 Å². The molecule has 0 atom stereocenters. The summed E-state index contributed by atoms with van der Waals surface area (Å²) in [6, 6.07) is 4.19. The van der Waals surface area contributed by atoms with Crippen LogP contribution in [0.5, 0.6) is 11.5 Å². The first-order valence-corrected chi connectivity index (χ1v) is 4.39. The van der Waals surface area contributed by atoms with Crippen LogP contribution < -0.4 is 5.32 Å². The van der Waals surface area contributed by atoms with Gasteiger partial charge in [-0.25, -0.2) is 0 Å². The van der Waals surface area contributed by atoms with Gasteiger partial charge in [0.1, 0.15) is 0 Å². The van der Waals surface area contributed by atoms with Crippen LogP contribution >= 0.6 is 0 Å².